The SMILES string of the molecule is CC(C)Oc1ccc(C(=O)NC2(C(=O)O)CCCC2)cc1. The highest BCUT2D eigenvalue weighted by Gasteiger charge is 2.42. The van der Waals surface area contributed by atoms with Gasteiger partial charge in [0.1, 0.15) is 11.3 Å². The van der Waals surface area contributed by atoms with Gasteiger partial charge in [-0.2, -0.15) is 0 Å². The Labute approximate surface area is 124 Å². The number of hydrogen-bond donors (Lipinski definition) is 2. The summed E-state index contributed by atoms with van der Waals surface area (Å²) in [6.07, 6.45) is 2.70. The van der Waals surface area contributed by atoms with E-state index in [9.17, 15) is 14.7 Å². The number of benzene rings is 1. The second-order valence-electron chi connectivity index (χ2n) is 5.74. The van der Waals surface area contributed by atoms with Crippen LogP contribution in [-0.2, 0) is 4.79 Å². The molecular formula is C16H21NO4. The highest BCUT2D eigenvalue weighted by atomic mass is 16.5. The van der Waals surface area contributed by atoms with Gasteiger partial charge in [-0.3, -0.25) is 4.79 Å². The van der Waals surface area contributed by atoms with Crippen molar-refractivity contribution < 1.29 is 19.4 Å². The summed E-state index contributed by atoms with van der Waals surface area (Å²) in [6.45, 7) is 3.86. The first-order chi connectivity index (χ1) is 9.93. The molecule has 1 saturated carbocycles. The fourth-order valence-corrected chi connectivity index (χ4v) is 2.62. The lowest BCUT2D eigenvalue weighted by atomic mass is 9.97. The predicted molar refractivity (Wildman–Crippen MR) is 78.5 cm³/mol. The van der Waals surface area contributed by atoms with Gasteiger partial charge >= 0.3 is 5.97 Å². The second-order valence-corrected chi connectivity index (χ2v) is 5.74. The molecule has 2 rings (SSSR count). The number of ether oxygens (including phenoxy) is 1. The van der Waals surface area contributed by atoms with Gasteiger partial charge < -0.3 is 15.2 Å². The Balaban J connectivity index is 2.07. The number of hydrogen-bond acceptors (Lipinski definition) is 3. The minimum Gasteiger partial charge on any atom is -0.491 e. The summed E-state index contributed by atoms with van der Waals surface area (Å²) in [6, 6.07) is 6.74. The highest BCUT2D eigenvalue weighted by molar-refractivity contribution is 5.98. The maximum Gasteiger partial charge on any atom is 0.329 e. The van der Waals surface area contributed by atoms with E-state index >= 15 is 0 Å². The zero-order valence-corrected chi connectivity index (χ0v) is 12.4. The lowest BCUT2D eigenvalue weighted by Gasteiger charge is -2.25. The maximum atomic E-state index is 12.2. The van der Waals surface area contributed by atoms with Gasteiger partial charge in [-0.15, -0.1) is 0 Å². The lowest BCUT2D eigenvalue weighted by Crippen LogP contribution is -2.52. The Kier molecular flexibility index (Phi) is 4.50. The van der Waals surface area contributed by atoms with Crippen molar-refractivity contribution >= 4 is 11.9 Å². The van der Waals surface area contributed by atoms with Crippen molar-refractivity contribution in [1.82, 2.24) is 5.32 Å². The molecule has 0 heterocycles. The normalized spacial score (nSPS) is 16.7. The van der Waals surface area contributed by atoms with E-state index in [2.05, 4.69) is 5.32 Å². The van der Waals surface area contributed by atoms with Crippen LogP contribution in [0.5, 0.6) is 5.75 Å². The predicted octanol–water partition coefficient (Wildman–Crippen LogP) is 2.60. The molecule has 1 aromatic carbocycles. The van der Waals surface area contributed by atoms with Crippen LogP contribution in [0.2, 0.25) is 0 Å². The van der Waals surface area contributed by atoms with Crippen LogP contribution in [-0.4, -0.2) is 28.6 Å². The molecule has 0 atom stereocenters. The first-order valence-corrected chi connectivity index (χ1v) is 7.25. The number of nitrogens with one attached hydrogen (secondary N) is 1. The number of rotatable bonds is 5. The molecular weight excluding hydrogens is 270 g/mol. The molecule has 0 spiro atoms. The molecule has 0 bridgehead atoms. The molecule has 0 aromatic heterocycles. The van der Waals surface area contributed by atoms with Crippen LogP contribution >= 0.6 is 0 Å². The summed E-state index contributed by atoms with van der Waals surface area (Å²) in [5, 5.41) is 12.1. The van der Waals surface area contributed by atoms with Crippen molar-refractivity contribution in [3.05, 3.63) is 29.8 Å². The monoisotopic (exact) mass is 291 g/mol. The average molecular weight is 291 g/mol. The number of carboxylic acids is 1. The number of carboxylic acid groups (broad SMARTS) is 1. The topological polar surface area (TPSA) is 75.6 Å². The average Bonchev–Trinajstić information content (AvgIpc) is 2.88. The van der Waals surface area contributed by atoms with Crippen LogP contribution in [0.15, 0.2) is 24.3 Å². The quantitative estimate of drug-likeness (QED) is 0.874. The number of aliphatic carboxylic acids is 1. The standard InChI is InChI=1S/C16H21NO4/c1-11(2)21-13-7-5-12(6-8-13)14(18)17-16(15(19)20)9-3-4-10-16/h5-8,11H,3-4,9-10H2,1-2H3,(H,17,18)(H,19,20). The van der Waals surface area contributed by atoms with Gasteiger partial charge in [0.05, 0.1) is 6.10 Å². The number of carbonyl (C=O) groups excluding carboxylic acids is 1. The van der Waals surface area contributed by atoms with Crippen molar-refractivity contribution in [3.63, 3.8) is 0 Å². The van der Waals surface area contributed by atoms with Crippen molar-refractivity contribution in [2.24, 2.45) is 0 Å². The molecule has 0 unspecified atom stereocenters. The van der Waals surface area contributed by atoms with Crippen molar-refractivity contribution in [2.75, 3.05) is 0 Å². The van der Waals surface area contributed by atoms with Gasteiger partial charge in [0.2, 0.25) is 0 Å². The Morgan fingerprint density at radius 1 is 1.19 bits per heavy atom. The molecule has 0 aliphatic heterocycles. The van der Waals surface area contributed by atoms with Crippen molar-refractivity contribution in [3.8, 4) is 5.75 Å². The first kappa shape index (κ1) is 15.4. The fourth-order valence-electron chi connectivity index (χ4n) is 2.62. The van der Waals surface area contributed by atoms with Gasteiger partial charge in [0.25, 0.3) is 5.91 Å². The molecule has 1 aliphatic carbocycles. The molecule has 21 heavy (non-hydrogen) atoms. The van der Waals surface area contributed by atoms with Gasteiger partial charge in [-0.1, -0.05) is 12.8 Å². The smallest absolute Gasteiger partial charge is 0.329 e. The summed E-state index contributed by atoms with van der Waals surface area (Å²) < 4.78 is 5.51. The Bertz CT molecular complexity index is 516. The van der Waals surface area contributed by atoms with Crippen LogP contribution < -0.4 is 10.1 Å². The highest BCUT2D eigenvalue weighted by Crippen LogP contribution is 2.30. The van der Waals surface area contributed by atoms with E-state index in [0.29, 0.717) is 24.2 Å². The molecule has 1 aromatic rings. The maximum absolute atomic E-state index is 12.2. The van der Waals surface area contributed by atoms with Crippen LogP contribution in [0, 0.1) is 0 Å². The minimum atomic E-state index is -1.11. The number of amides is 1. The molecule has 2 N–H and O–H groups in total. The zero-order chi connectivity index (χ0) is 15.5. The van der Waals surface area contributed by atoms with E-state index in [1.807, 2.05) is 13.8 Å². The van der Waals surface area contributed by atoms with Crippen molar-refractivity contribution in [2.45, 2.75) is 51.2 Å². The molecule has 5 nitrogen and oxygen atoms in total. The molecule has 5 heteroatoms. The summed E-state index contributed by atoms with van der Waals surface area (Å²) >= 11 is 0. The van der Waals surface area contributed by atoms with Gasteiger partial charge in [0, 0.05) is 5.56 Å². The molecule has 1 amide bonds. The third kappa shape index (κ3) is 3.54. The third-order valence-electron chi connectivity index (χ3n) is 3.71. The second kappa shape index (κ2) is 6.16. The van der Waals surface area contributed by atoms with Crippen LogP contribution in [0.1, 0.15) is 49.9 Å². The lowest BCUT2D eigenvalue weighted by molar-refractivity contribution is -0.144. The minimum absolute atomic E-state index is 0.0680. The number of carbonyl (C=O) groups is 2. The van der Waals surface area contributed by atoms with E-state index in [1.54, 1.807) is 24.3 Å². The largest absolute Gasteiger partial charge is 0.491 e. The van der Waals surface area contributed by atoms with E-state index in [0.717, 1.165) is 12.8 Å². The van der Waals surface area contributed by atoms with E-state index in [4.69, 9.17) is 4.74 Å². The van der Waals surface area contributed by atoms with Crippen LogP contribution in [0.3, 0.4) is 0 Å². The molecule has 1 aliphatic rings. The summed E-state index contributed by atoms with van der Waals surface area (Å²) in [4.78, 5) is 23.7. The summed E-state index contributed by atoms with van der Waals surface area (Å²) in [5.41, 5.74) is -0.664. The van der Waals surface area contributed by atoms with Crippen molar-refractivity contribution in [1.29, 1.82) is 0 Å². The molecule has 1 fully saturated rings. The first-order valence-electron chi connectivity index (χ1n) is 7.25. The molecule has 0 saturated heterocycles. The Morgan fingerprint density at radius 2 is 1.76 bits per heavy atom. The molecule has 0 radical (unpaired) electrons. The van der Waals surface area contributed by atoms with Crippen LogP contribution in [0.25, 0.3) is 0 Å². The summed E-state index contributed by atoms with van der Waals surface area (Å²) in [5.74, 6) is -0.612. The zero-order valence-electron chi connectivity index (χ0n) is 12.4. The molecule has 114 valence electrons. The Hall–Kier alpha value is -2.04. The fraction of sp³-hybridized carbons (Fsp3) is 0.500. The summed E-state index contributed by atoms with van der Waals surface area (Å²) in [7, 11) is 0. The van der Waals surface area contributed by atoms with Gasteiger partial charge in [0.15, 0.2) is 0 Å². The Morgan fingerprint density at radius 3 is 2.24 bits per heavy atom. The van der Waals surface area contributed by atoms with Gasteiger partial charge in [-0.25, -0.2) is 4.79 Å². The third-order valence-corrected chi connectivity index (χ3v) is 3.71. The van der Waals surface area contributed by atoms with E-state index in [-0.39, 0.29) is 12.0 Å². The van der Waals surface area contributed by atoms with E-state index in [1.165, 1.54) is 0 Å². The van der Waals surface area contributed by atoms with Crippen LogP contribution in [0.4, 0.5) is 0 Å². The van der Waals surface area contributed by atoms with Gasteiger partial charge in [-0.05, 0) is 51.0 Å². The van der Waals surface area contributed by atoms with E-state index < -0.39 is 11.5 Å².